The zero-order valence-corrected chi connectivity index (χ0v) is 11.0. The van der Waals surface area contributed by atoms with E-state index in [2.05, 4.69) is 10.4 Å². The van der Waals surface area contributed by atoms with Crippen molar-refractivity contribution in [2.75, 3.05) is 24.8 Å². The van der Waals surface area contributed by atoms with Gasteiger partial charge in [-0.3, -0.25) is 4.68 Å². The van der Waals surface area contributed by atoms with E-state index in [1.165, 1.54) is 6.07 Å². The lowest BCUT2D eigenvalue weighted by Crippen LogP contribution is -2.05. The van der Waals surface area contributed by atoms with Crippen LogP contribution < -0.4 is 11.1 Å². The van der Waals surface area contributed by atoms with Crippen molar-refractivity contribution >= 4 is 23.0 Å². The van der Waals surface area contributed by atoms with Gasteiger partial charge in [-0.15, -0.1) is 0 Å². The minimum atomic E-state index is -1.05. The Balaban J connectivity index is 2.16. The van der Waals surface area contributed by atoms with Gasteiger partial charge in [-0.2, -0.15) is 5.10 Å². The Labute approximate surface area is 116 Å². The maximum absolute atomic E-state index is 11.0. The van der Waals surface area contributed by atoms with Crippen LogP contribution in [-0.4, -0.2) is 34.6 Å². The molecule has 1 heterocycles. The van der Waals surface area contributed by atoms with Gasteiger partial charge in [0.25, 0.3) is 0 Å². The number of anilines is 3. The van der Waals surface area contributed by atoms with Crippen LogP contribution in [0.1, 0.15) is 10.4 Å². The Morgan fingerprint density at radius 3 is 3.05 bits per heavy atom. The summed E-state index contributed by atoms with van der Waals surface area (Å²) in [6, 6.07) is 4.82. The molecule has 2 aromatic rings. The van der Waals surface area contributed by atoms with Crippen LogP contribution >= 0.6 is 0 Å². The molecular formula is C13H16N4O3. The van der Waals surface area contributed by atoms with Gasteiger partial charge in [-0.05, 0) is 12.1 Å². The average molecular weight is 276 g/mol. The van der Waals surface area contributed by atoms with Gasteiger partial charge in [0, 0.05) is 13.3 Å². The maximum atomic E-state index is 11.0. The molecule has 0 radical (unpaired) electrons. The third-order valence-electron chi connectivity index (χ3n) is 2.77. The van der Waals surface area contributed by atoms with E-state index in [4.69, 9.17) is 15.6 Å². The van der Waals surface area contributed by atoms with Crippen molar-refractivity contribution in [1.29, 1.82) is 0 Å². The van der Waals surface area contributed by atoms with Gasteiger partial charge >= 0.3 is 5.97 Å². The lowest BCUT2D eigenvalue weighted by Gasteiger charge is -2.09. The standard InChI is InChI=1S/C13H16N4O3/c1-20-6-5-17-8-9(7-15-17)16-11-4-2-3-10(12(11)14)13(18)19/h2-4,7-8,16H,5-6,14H2,1H3,(H,18,19). The highest BCUT2D eigenvalue weighted by molar-refractivity contribution is 5.97. The first-order valence-corrected chi connectivity index (χ1v) is 6.02. The fraction of sp³-hybridized carbons (Fsp3) is 0.231. The second-order valence-corrected chi connectivity index (χ2v) is 4.18. The van der Waals surface area contributed by atoms with Crippen LogP contribution in [0.5, 0.6) is 0 Å². The average Bonchev–Trinajstić information content (AvgIpc) is 2.86. The minimum Gasteiger partial charge on any atom is -0.478 e. The predicted octanol–water partition coefficient (Wildman–Crippen LogP) is 1.55. The Morgan fingerprint density at radius 1 is 1.55 bits per heavy atom. The molecule has 0 saturated carbocycles. The van der Waals surface area contributed by atoms with Gasteiger partial charge < -0.3 is 20.9 Å². The second-order valence-electron chi connectivity index (χ2n) is 4.18. The van der Waals surface area contributed by atoms with Crippen molar-refractivity contribution < 1.29 is 14.6 Å². The van der Waals surface area contributed by atoms with Crippen molar-refractivity contribution in [2.45, 2.75) is 6.54 Å². The first kappa shape index (κ1) is 13.9. The number of nitrogen functional groups attached to an aromatic ring is 1. The highest BCUT2D eigenvalue weighted by Crippen LogP contribution is 2.26. The molecule has 0 unspecified atom stereocenters. The number of aromatic nitrogens is 2. The number of carboxylic acids is 1. The fourth-order valence-electron chi connectivity index (χ4n) is 1.75. The van der Waals surface area contributed by atoms with Gasteiger partial charge in [-0.1, -0.05) is 6.07 Å². The number of hydrogen-bond acceptors (Lipinski definition) is 5. The Morgan fingerprint density at radius 2 is 2.35 bits per heavy atom. The third kappa shape index (κ3) is 3.07. The SMILES string of the molecule is COCCn1cc(Nc2cccc(C(=O)O)c2N)cn1. The first-order chi connectivity index (χ1) is 9.61. The van der Waals surface area contributed by atoms with Crippen molar-refractivity contribution in [1.82, 2.24) is 9.78 Å². The normalized spacial score (nSPS) is 10.4. The number of ether oxygens (including phenoxy) is 1. The summed E-state index contributed by atoms with van der Waals surface area (Å²) in [5, 5.41) is 16.2. The summed E-state index contributed by atoms with van der Waals surface area (Å²) in [7, 11) is 1.63. The summed E-state index contributed by atoms with van der Waals surface area (Å²) in [6.07, 6.45) is 3.44. The van der Waals surface area contributed by atoms with E-state index in [-0.39, 0.29) is 11.3 Å². The monoisotopic (exact) mass is 276 g/mol. The number of rotatable bonds is 6. The molecule has 0 amide bonds. The zero-order chi connectivity index (χ0) is 14.5. The van der Waals surface area contributed by atoms with E-state index >= 15 is 0 Å². The molecule has 1 aromatic carbocycles. The molecule has 4 N–H and O–H groups in total. The summed E-state index contributed by atoms with van der Waals surface area (Å²) < 4.78 is 6.69. The molecule has 2 rings (SSSR count). The molecule has 0 aliphatic heterocycles. The third-order valence-corrected chi connectivity index (χ3v) is 2.77. The molecule has 0 saturated heterocycles. The van der Waals surface area contributed by atoms with Crippen LogP contribution in [0.25, 0.3) is 0 Å². The fourth-order valence-corrected chi connectivity index (χ4v) is 1.75. The van der Waals surface area contributed by atoms with E-state index in [1.807, 2.05) is 0 Å². The number of nitrogens with two attached hydrogens (primary N) is 1. The van der Waals surface area contributed by atoms with E-state index in [9.17, 15) is 4.79 Å². The number of benzene rings is 1. The Kier molecular flexibility index (Phi) is 4.21. The quantitative estimate of drug-likeness (QED) is 0.692. The molecule has 0 spiro atoms. The van der Waals surface area contributed by atoms with E-state index in [0.29, 0.717) is 18.8 Å². The van der Waals surface area contributed by atoms with E-state index < -0.39 is 5.97 Å². The van der Waals surface area contributed by atoms with Gasteiger partial charge in [0.05, 0.1) is 42.0 Å². The van der Waals surface area contributed by atoms with Gasteiger partial charge in [0.1, 0.15) is 0 Å². The minimum absolute atomic E-state index is 0.0711. The Hall–Kier alpha value is -2.54. The summed E-state index contributed by atoms with van der Waals surface area (Å²) >= 11 is 0. The molecule has 1 aromatic heterocycles. The highest BCUT2D eigenvalue weighted by atomic mass is 16.5. The summed E-state index contributed by atoms with van der Waals surface area (Å²) in [5.74, 6) is -1.05. The summed E-state index contributed by atoms with van der Waals surface area (Å²) in [5.41, 5.74) is 7.37. The molecule has 20 heavy (non-hydrogen) atoms. The van der Waals surface area contributed by atoms with Crippen LogP contribution in [0.3, 0.4) is 0 Å². The molecule has 7 heteroatoms. The van der Waals surface area contributed by atoms with Crippen LogP contribution in [-0.2, 0) is 11.3 Å². The highest BCUT2D eigenvalue weighted by Gasteiger charge is 2.11. The number of nitrogens with zero attached hydrogens (tertiary/aromatic N) is 2. The second kappa shape index (κ2) is 6.07. The van der Waals surface area contributed by atoms with Gasteiger partial charge in [0.15, 0.2) is 0 Å². The van der Waals surface area contributed by atoms with Crippen molar-refractivity contribution in [2.24, 2.45) is 0 Å². The maximum Gasteiger partial charge on any atom is 0.337 e. The number of hydrogen-bond donors (Lipinski definition) is 3. The smallest absolute Gasteiger partial charge is 0.337 e. The molecule has 0 atom stereocenters. The van der Waals surface area contributed by atoms with Crippen molar-refractivity contribution in [3.63, 3.8) is 0 Å². The molecule has 0 fully saturated rings. The lowest BCUT2D eigenvalue weighted by molar-refractivity contribution is 0.0698. The predicted molar refractivity (Wildman–Crippen MR) is 75.2 cm³/mol. The van der Waals surface area contributed by atoms with E-state index in [0.717, 1.165) is 5.69 Å². The number of carboxylic acid groups (broad SMARTS) is 1. The summed E-state index contributed by atoms with van der Waals surface area (Å²) in [4.78, 5) is 11.0. The van der Waals surface area contributed by atoms with Crippen LogP contribution in [0.4, 0.5) is 17.1 Å². The summed E-state index contributed by atoms with van der Waals surface area (Å²) in [6.45, 7) is 1.21. The van der Waals surface area contributed by atoms with Crippen molar-refractivity contribution in [3.05, 3.63) is 36.2 Å². The lowest BCUT2D eigenvalue weighted by atomic mass is 10.1. The van der Waals surface area contributed by atoms with E-state index in [1.54, 1.807) is 36.3 Å². The number of nitrogens with one attached hydrogen (secondary N) is 1. The number of carbonyl (C=O) groups is 1. The van der Waals surface area contributed by atoms with Crippen LogP contribution in [0.2, 0.25) is 0 Å². The first-order valence-electron chi connectivity index (χ1n) is 6.02. The van der Waals surface area contributed by atoms with Crippen LogP contribution in [0, 0.1) is 0 Å². The molecular weight excluding hydrogens is 260 g/mol. The van der Waals surface area contributed by atoms with Crippen LogP contribution in [0.15, 0.2) is 30.6 Å². The van der Waals surface area contributed by atoms with Crippen molar-refractivity contribution in [3.8, 4) is 0 Å². The zero-order valence-electron chi connectivity index (χ0n) is 11.0. The molecule has 0 bridgehead atoms. The number of methoxy groups -OCH3 is 1. The topological polar surface area (TPSA) is 102 Å². The molecule has 106 valence electrons. The molecule has 0 aliphatic carbocycles. The largest absolute Gasteiger partial charge is 0.478 e. The van der Waals surface area contributed by atoms with Gasteiger partial charge in [0.2, 0.25) is 0 Å². The Bertz CT molecular complexity index is 609. The molecule has 0 aliphatic rings. The number of aromatic carboxylic acids is 1. The number of para-hydroxylation sites is 1. The van der Waals surface area contributed by atoms with Gasteiger partial charge in [-0.25, -0.2) is 4.79 Å². The molecule has 7 nitrogen and oxygen atoms in total.